The summed E-state index contributed by atoms with van der Waals surface area (Å²) in [6, 6.07) is 1.82. The van der Waals surface area contributed by atoms with Crippen molar-refractivity contribution in [3.8, 4) is 11.4 Å². The van der Waals surface area contributed by atoms with E-state index in [0.29, 0.717) is 13.0 Å². The molecule has 0 amide bonds. The first-order valence-electron chi connectivity index (χ1n) is 6.06. The average Bonchev–Trinajstić information content (AvgIpc) is 2.89. The zero-order valence-electron chi connectivity index (χ0n) is 11.2. The van der Waals surface area contributed by atoms with E-state index in [4.69, 9.17) is 10.5 Å². The molecule has 0 aliphatic heterocycles. The summed E-state index contributed by atoms with van der Waals surface area (Å²) < 4.78 is 33.5. The molecule has 0 saturated heterocycles. The van der Waals surface area contributed by atoms with Crippen molar-refractivity contribution in [2.75, 3.05) is 19.5 Å². The summed E-state index contributed by atoms with van der Waals surface area (Å²) in [4.78, 5) is 0. The highest BCUT2D eigenvalue weighted by atomic mass is 19.1. The lowest BCUT2D eigenvalue weighted by Gasteiger charge is -2.13. The van der Waals surface area contributed by atoms with E-state index in [1.54, 1.807) is 7.11 Å². The third-order valence-electron chi connectivity index (χ3n) is 2.98. The molecule has 0 saturated carbocycles. The van der Waals surface area contributed by atoms with Crippen LogP contribution in [0.5, 0.6) is 0 Å². The predicted molar refractivity (Wildman–Crippen MR) is 68.8 cm³/mol. The molecule has 8 heteroatoms. The SMILES string of the molecule is COCCC(C)n1nnnc1-c1cc(N)c(F)cc1F. The number of nitrogen functional groups attached to an aromatic ring is 1. The van der Waals surface area contributed by atoms with E-state index in [-0.39, 0.29) is 23.1 Å². The molecular weight excluding hydrogens is 268 g/mol. The number of benzene rings is 1. The van der Waals surface area contributed by atoms with Crippen molar-refractivity contribution in [1.29, 1.82) is 0 Å². The molecule has 108 valence electrons. The lowest BCUT2D eigenvalue weighted by molar-refractivity contribution is 0.178. The fourth-order valence-corrected chi connectivity index (χ4v) is 1.82. The Labute approximate surface area is 114 Å². The van der Waals surface area contributed by atoms with E-state index in [1.165, 1.54) is 10.7 Å². The number of aromatic nitrogens is 4. The van der Waals surface area contributed by atoms with E-state index < -0.39 is 11.6 Å². The summed E-state index contributed by atoms with van der Waals surface area (Å²) in [7, 11) is 1.59. The number of tetrazole rings is 1. The van der Waals surface area contributed by atoms with E-state index in [9.17, 15) is 8.78 Å². The average molecular weight is 283 g/mol. The lowest BCUT2D eigenvalue weighted by Crippen LogP contribution is -2.12. The third-order valence-corrected chi connectivity index (χ3v) is 2.98. The van der Waals surface area contributed by atoms with Crippen LogP contribution in [-0.4, -0.2) is 33.9 Å². The van der Waals surface area contributed by atoms with Gasteiger partial charge in [0.1, 0.15) is 11.6 Å². The van der Waals surface area contributed by atoms with Gasteiger partial charge in [0.15, 0.2) is 5.82 Å². The van der Waals surface area contributed by atoms with E-state index in [0.717, 1.165) is 6.07 Å². The number of rotatable bonds is 5. The van der Waals surface area contributed by atoms with Crippen molar-refractivity contribution in [3.05, 3.63) is 23.8 Å². The summed E-state index contributed by atoms with van der Waals surface area (Å²) in [5.74, 6) is -1.36. The van der Waals surface area contributed by atoms with Gasteiger partial charge in [0, 0.05) is 19.8 Å². The number of hydrogen-bond donors (Lipinski definition) is 1. The Bertz CT molecular complexity index is 602. The van der Waals surface area contributed by atoms with Gasteiger partial charge >= 0.3 is 0 Å². The van der Waals surface area contributed by atoms with Gasteiger partial charge in [0.2, 0.25) is 0 Å². The molecule has 20 heavy (non-hydrogen) atoms. The lowest BCUT2D eigenvalue weighted by atomic mass is 10.1. The maximum absolute atomic E-state index is 13.9. The van der Waals surface area contributed by atoms with Crippen LogP contribution in [0, 0.1) is 11.6 Å². The molecule has 0 fully saturated rings. The maximum atomic E-state index is 13.9. The van der Waals surface area contributed by atoms with Crippen LogP contribution in [0.25, 0.3) is 11.4 Å². The van der Waals surface area contributed by atoms with Crippen molar-refractivity contribution in [3.63, 3.8) is 0 Å². The van der Waals surface area contributed by atoms with Crippen LogP contribution >= 0.6 is 0 Å². The van der Waals surface area contributed by atoms with Crippen LogP contribution in [0.3, 0.4) is 0 Å². The van der Waals surface area contributed by atoms with Crippen molar-refractivity contribution < 1.29 is 13.5 Å². The first kappa shape index (κ1) is 14.3. The molecule has 0 bridgehead atoms. The zero-order chi connectivity index (χ0) is 14.7. The quantitative estimate of drug-likeness (QED) is 0.846. The number of nitrogens with two attached hydrogens (primary N) is 1. The maximum Gasteiger partial charge on any atom is 0.185 e. The molecule has 0 aliphatic carbocycles. The van der Waals surface area contributed by atoms with Gasteiger partial charge in [-0.05, 0) is 29.8 Å². The Balaban J connectivity index is 2.39. The minimum atomic E-state index is -0.808. The smallest absolute Gasteiger partial charge is 0.185 e. The highest BCUT2D eigenvalue weighted by molar-refractivity contribution is 5.62. The highest BCUT2D eigenvalue weighted by Gasteiger charge is 2.19. The van der Waals surface area contributed by atoms with Gasteiger partial charge in [-0.1, -0.05) is 0 Å². The van der Waals surface area contributed by atoms with Crippen molar-refractivity contribution in [2.24, 2.45) is 0 Å². The second kappa shape index (κ2) is 5.91. The topological polar surface area (TPSA) is 78.8 Å². The van der Waals surface area contributed by atoms with Crippen LogP contribution < -0.4 is 5.73 Å². The summed E-state index contributed by atoms with van der Waals surface area (Å²) >= 11 is 0. The van der Waals surface area contributed by atoms with E-state index >= 15 is 0 Å². The molecule has 2 aromatic rings. The van der Waals surface area contributed by atoms with E-state index in [2.05, 4.69) is 15.5 Å². The monoisotopic (exact) mass is 283 g/mol. The zero-order valence-corrected chi connectivity index (χ0v) is 11.2. The van der Waals surface area contributed by atoms with E-state index in [1.807, 2.05) is 6.92 Å². The molecule has 0 aliphatic rings. The van der Waals surface area contributed by atoms with Crippen molar-refractivity contribution >= 4 is 5.69 Å². The molecule has 1 aromatic heterocycles. The number of nitrogens with zero attached hydrogens (tertiary/aromatic N) is 4. The summed E-state index contributed by atoms with van der Waals surface area (Å²) in [5.41, 5.74) is 5.38. The van der Waals surface area contributed by atoms with Gasteiger partial charge in [0.05, 0.1) is 17.3 Å². The normalized spacial score (nSPS) is 12.6. The van der Waals surface area contributed by atoms with Crippen LogP contribution in [0.4, 0.5) is 14.5 Å². The first-order chi connectivity index (χ1) is 9.54. The molecule has 1 aromatic carbocycles. The Hall–Kier alpha value is -2.09. The van der Waals surface area contributed by atoms with Crippen LogP contribution in [0.1, 0.15) is 19.4 Å². The Morgan fingerprint density at radius 3 is 2.80 bits per heavy atom. The molecule has 2 rings (SSSR count). The third kappa shape index (κ3) is 2.74. The number of halogens is 2. The van der Waals surface area contributed by atoms with Crippen LogP contribution in [0.15, 0.2) is 12.1 Å². The first-order valence-corrected chi connectivity index (χ1v) is 6.06. The van der Waals surface area contributed by atoms with Crippen LogP contribution in [-0.2, 0) is 4.74 Å². The summed E-state index contributed by atoms with van der Waals surface area (Å²) in [5, 5.41) is 11.2. The fourth-order valence-electron chi connectivity index (χ4n) is 1.82. The number of hydrogen-bond acceptors (Lipinski definition) is 5. The van der Waals surface area contributed by atoms with Crippen molar-refractivity contribution in [2.45, 2.75) is 19.4 Å². The molecule has 6 nitrogen and oxygen atoms in total. The second-order valence-corrected chi connectivity index (χ2v) is 4.43. The highest BCUT2D eigenvalue weighted by Crippen LogP contribution is 2.27. The second-order valence-electron chi connectivity index (χ2n) is 4.43. The van der Waals surface area contributed by atoms with Gasteiger partial charge in [-0.3, -0.25) is 0 Å². The standard InChI is InChI=1S/C12H15F2N5O/c1-7(3-4-20-2)19-12(16-17-18-19)8-5-11(15)10(14)6-9(8)13/h5-7H,3-4,15H2,1-2H3. The minimum Gasteiger partial charge on any atom is -0.396 e. The molecular formula is C12H15F2N5O. The van der Waals surface area contributed by atoms with Gasteiger partial charge in [0.25, 0.3) is 0 Å². The number of ether oxygens (including phenoxy) is 1. The fraction of sp³-hybridized carbons (Fsp3) is 0.417. The van der Waals surface area contributed by atoms with Gasteiger partial charge in [-0.2, -0.15) is 0 Å². The van der Waals surface area contributed by atoms with Crippen molar-refractivity contribution in [1.82, 2.24) is 20.2 Å². The minimum absolute atomic E-state index is 0.0677. The molecule has 0 spiro atoms. The van der Waals surface area contributed by atoms with Crippen LogP contribution in [0.2, 0.25) is 0 Å². The van der Waals surface area contributed by atoms with Gasteiger partial charge in [-0.25, -0.2) is 13.5 Å². The van der Waals surface area contributed by atoms with Gasteiger partial charge in [-0.15, -0.1) is 5.10 Å². The molecule has 2 N–H and O–H groups in total. The number of anilines is 1. The van der Waals surface area contributed by atoms with Gasteiger partial charge < -0.3 is 10.5 Å². The Morgan fingerprint density at radius 1 is 1.35 bits per heavy atom. The molecule has 1 atom stereocenters. The summed E-state index contributed by atoms with van der Waals surface area (Å²) in [6.07, 6.45) is 0.660. The molecule has 1 unspecified atom stereocenters. The molecule has 1 heterocycles. The summed E-state index contributed by atoms with van der Waals surface area (Å²) in [6.45, 7) is 2.40. The Kier molecular flexibility index (Phi) is 4.23. The Morgan fingerprint density at radius 2 is 2.10 bits per heavy atom. The largest absolute Gasteiger partial charge is 0.396 e. The molecule has 0 radical (unpaired) electrons. The number of methoxy groups -OCH3 is 1. The predicted octanol–water partition coefficient (Wildman–Crippen LogP) is 1.80.